The minimum Gasteiger partial charge on any atom is -0.478 e. The van der Waals surface area contributed by atoms with Gasteiger partial charge in [-0.2, -0.15) is 0 Å². The number of rotatable bonds is 3. The van der Waals surface area contributed by atoms with Crippen LogP contribution in [0, 0.1) is 11.5 Å². The number of ether oxygens (including phenoxy) is 1. The second-order valence-electron chi connectivity index (χ2n) is 2.67. The van der Waals surface area contributed by atoms with Crippen molar-refractivity contribution in [2.24, 2.45) is 0 Å². The third kappa shape index (κ3) is 2.02. The van der Waals surface area contributed by atoms with E-state index in [-0.39, 0.29) is 5.56 Å². The topological polar surface area (TPSA) is 70.3 Å². The van der Waals surface area contributed by atoms with Crippen LogP contribution in [-0.2, 0) is 6.42 Å². The summed E-state index contributed by atoms with van der Waals surface area (Å²) in [5.74, 6) is -0.597. The molecule has 1 N–H and O–H groups in total. The molecule has 72 valence electrons. The predicted octanol–water partition coefficient (Wildman–Crippen LogP) is 1.81. The maximum atomic E-state index is 10.7. The van der Waals surface area contributed by atoms with Crippen LogP contribution in [0.3, 0.4) is 0 Å². The Morgan fingerprint density at radius 2 is 2.36 bits per heavy atom. The molecule has 0 fully saturated rings. The lowest BCUT2D eigenvalue weighted by Gasteiger charge is -2.04. The van der Waals surface area contributed by atoms with E-state index in [4.69, 9.17) is 10.4 Å². The van der Waals surface area contributed by atoms with Crippen LogP contribution in [-0.4, -0.2) is 11.1 Å². The van der Waals surface area contributed by atoms with Crippen molar-refractivity contribution in [1.29, 1.82) is 5.26 Å². The van der Waals surface area contributed by atoms with E-state index in [1.165, 1.54) is 18.4 Å². The molecule has 0 atom stereocenters. The first-order chi connectivity index (χ1) is 6.69. The van der Waals surface area contributed by atoms with Gasteiger partial charge in [0.2, 0.25) is 0 Å². The number of nitriles is 1. The van der Waals surface area contributed by atoms with E-state index in [1.807, 2.05) is 6.92 Å². The summed E-state index contributed by atoms with van der Waals surface area (Å²) in [5.41, 5.74) is 0.906. The predicted molar refractivity (Wildman–Crippen MR) is 49.0 cm³/mol. The quantitative estimate of drug-likeness (QED) is 0.739. The summed E-state index contributed by atoms with van der Waals surface area (Å²) < 4.78 is 4.60. The number of benzene rings is 1. The van der Waals surface area contributed by atoms with Gasteiger partial charge >= 0.3 is 5.97 Å². The monoisotopic (exact) mass is 191 g/mol. The standard InChI is InChI=1S/C10H9NO3/c1-2-7-5-8(14-6-11)3-4-9(7)10(12)13/h3-5H,2H2,1H3,(H,12,13). The van der Waals surface area contributed by atoms with Crippen LogP contribution in [0.4, 0.5) is 0 Å². The summed E-state index contributed by atoms with van der Waals surface area (Å²) in [6, 6.07) is 4.46. The van der Waals surface area contributed by atoms with Crippen LogP contribution >= 0.6 is 0 Å². The highest BCUT2D eigenvalue weighted by Gasteiger charge is 2.09. The molecule has 0 radical (unpaired) electrons. The second kappa shape index (κ2) is 4.28. The van der Waals surface area contributed by atoms with Gasteiger partial charge < -0.3 is 9.84 Å². The van der Waals surface area contributed by atoms with Crippen molar-refractivity contribution in [3.8, 4) is 12.0 Å². The Kier molecular flexibility index (Phi) is 3.08. The average Bonchev–Trinajstić information content (AvgIpc) is 2.17. The fraction of sp³-hybridized carbons (Fsp3) is 0.200. The third-order valence-electron chi connectivity index (χ3n) is 1.85. The number of carboxylic acid groups (broad SMARTS) is 1. The summed E-state index contributed by atoms with van der Waals surface area (Å²) in [4.78, 5) is 10.7. The van der Waals surface area contributed by atoms with Gasteiger partial charge in [0.25, 0.3) is 6.26 Å². The molecule has 1 rings (SSSR count). The smallest absolute Gasteiger partial charge is 0.335 e. The van der Waals surface area contributed by atoms with Crippen molar-refractivity contribution >= 4 is 5.97 Å². The van der Waals surface area contributed by atoms with Crippen LogP contribution < -0.4 is 4.74 Å². The largest absolute Gasteiger partial charge is 0.478 e. The molecular weight excluding hydrogens is 182 g/mol. The Hall–Kier alpha value is -2.02. The van der Waals surface area contributed by atoms with E-state index in [0.29, 0.717) is 17.7 Å². The Morgan fingerprint density at radius 1 is 1.64 bits per heavy atom. The Morgan fingerprint density at radius 3 is 2.86 bits per heavy atom. The zero-order valence-corrected chi connectivity index (χ0v) is 7.65. The number of aryl methyl sites for hydroxylation is 1. The molecule has 0 saturated heterocycles. The Bertz CT molecular complexity index is 393. The lowest BCUT2D eigenvalue weighted by molar-refractivity contribution is 0.0695. The molecule has 0 aliphatic carbocycles. The maximum Gasteiger partial charge on any atom is 0.335 e. The average molecular weight is 191 g/mol. The van der Waals surface area contributed by atoms with Crippen LogP contribution in [0.1, 0.15) is 22.8 Å². The first-order valence-corrected chi connectivity index (χ1v) is 4.11. The summed E-state index contributed by atoms with van der Waals surface area (Å²) in [5, 5.41) is 17.1. The summed E-state index contributed by atoms with van der Waals surface area (Å²) >= 11 is 0. The third-order valence-corrected chi connectivity index (χ3v) is 1.85. The molecule has 0 amide bonds. The molecule has 0 aliphatic heterocycles. The van der Waals surface area contributed by atoms with E-state index in [0.717, 1.165) is 0 Å². The molecular formula is C10H9NO3. The highest BCUT2D eigenvalue weighted by atomic mass is 16.5. The van der Waals surface area contributed by atoms with Crippen LogP contribution in [0.2, 0.25) is 0 Å². The van der Waals surface area contributed by atoms with Gasteiger partial charge in [0, 0.05) is 0 Å². The Labute approximate surface area is 81.4 Å². The maximum absolute atomic E-state index is 10.7. The van der Waals surface area contributed by atoms with Gasteiger partial charge in [-0.25, -0.2) is 4.79 Å². The van der Waals surface area contributed by atoms with E-state index < -0.39 is 5.97 Å². The van der Waals surface area contributed by atoms with E-state index in [1.54, 1.807) is 6.07 Å². The minimum atomic E-state index is -0.967. The van der Waals surface area contributed by atoms with E-state index in [9.17, 15) is 4.79 Å². The van der Waals surface area contributed by atoms with Gasteiger partial charge in [0.15, 0.2) is 0 Å². The van der Waals surface area contributed by atoms with Crippen LogP contribution in [0.15, 0.2) is 18.2 Å². The molecule has 1 aromatic carbocycles. The Balaban J connectivity index is 3.12. The van der Waals surface area contributed by atoms with Gasteiger partial charge in [0.1, 0.15) is 5.75 Å². The molecule has 0 spiro atoms. The normalized spacial score (nSPS) is 9.14. The molecule has 0 aromatic heterocycles. The highest BCUT2D eigenvalue weighted by Crippen LogP contribution is 2.18. The molecule has 4 heteroatoms. The van der Waals surface area contributed by atoms with Crippen molar-refractivity contribution in [2.45, 2.75) is 13.3 Å². The van der Waals surface area contributed by atoms with Gasteiger partial charge in [0.05, 0.1) is 5.56 Å². The first kappa shape index (κ1) is 10.1. The number of carbonyl (C=O) groups is 1. The lowest BCUT2D eigenvalue weighted by Crippen LogP contribution is -2.01. The molecule has 4 nitrogen and oxygen atoms in total. The van der Waals surface area contributed by atoms with Crippen molar-refractivity contribution in [3.05, 3.63) is 29.3 Å². The molecule has 14 heavy (non-hydrogen) atoms. The van der Waals surface area contributed by atoms with Gasteiger partial charge in [-0.1, -0.05) is 6.92 Å². The van der Waals surface area contributed by atoms with Crippen LogP contribution in [0.25, 0.3) is 0 Å². The summed E-state index contributed by atoms with van der Waals surface area (Å²) in [7, 11) is 0. The summed E-state index contributed by atoms with van der Waals surface area (Å²) in [6.45, 7) is 1.85. The molecule has 0 unspecified atom stereocenters. The summed E-state index contributed by atoms with van der Waals surface area (Å²) in [6.07, 6.45) is 2.12. The van der Waals surface area contributed by atoms with Crippen LogP contribution in [0.5, 0.6) is 5.75 Å². The number of hydrogen-bond acceptors (Lipinski definition) is 3. The van der Waals surface area contributed by atoms with Crippen molar-refractivity contribution in [1.82, 2.24) is 0 Å². The first-order valence-electron chi connectivity index (χ1n) is 4.11. The fourth-order valence-electron chi connectivity index (χ4n) is 1.19. The number of carboxylic acids is 1. The SMILES string of the molecule is CCc1cc(OC#N)ccc1C(=O)O. The zero-order chi connectivity index (χ0) is 10.6. The van der Waals surface area contributed by atoms with E-state index in [2.05, 4.69) is 4.74 Å². The zero-order valence-electron chi connectivity index (χ0n) is 7.65. The van der Waals surface area contributed by atoms with Crippen molar-refractivity contribution < 1.29 is 14.6 Å². The number of hydrogen-bond donors (Lipinski definition) is 1. The fourth-order valence-corrected chi connectivity index (χ4v) is 1.19. The van der Waals surface area contributed by atoms with Gasteiger partial charge in [-0.15, -0.1) is 5.26 Å². The molecule has 1 aromatic rings. The van der Waals surface area contributed by atoms with Crippen molar-refractivity contribution in [3.63, 3.8) is 0 Å². The van der Waals surface area contributed by atoms with Crippen molar-refractivity contribution in [2.75, 3.05) is 0 Å². The molecule has 0 bridgehead atoms. The molecule has 0 heterocycles. The lowest BCUT2D eigenvalue weighted by atomic mass is 10.1. The second-order valence-corrected chi connectivity index (χ2v) is 2.67. The molecule has 0 saturated carbocycles. The minimum absolute atomic E-state index is 0.248. The van der Waals surface area contributed by atoms with Gasteiger partial charge in [-0.3, -0.25) is 0 Å². The number of nitrogens with zero attached hydrogens (tertiary/aromatic N) is 1. The van der Waals surface area contributed by atoms with Gasteiger partial charge in [-0.05, 0) is 30.2 Å². The van der Waals surface area contributed by atoms with E-state index >= 15 is 0 Å². The highest BCUT2D eigenvalue weighted by molar-refractivity contribution is 5.89. The number of aromatic carboxylic acids is 1. The molecule has 0 aliphatic rings.